The lowest BCUT2D eigenvalue weighted by Gasteiger charge is -2.28. The van der Waals surface area contributed by atoms with E-state index in [0.29, 0.717) is 6.54 Å². The summed E-state index contributed by atoms with van der Waals surface area (Å²) in [4.78, 5) is 22.6. The first-order valence-corrected chi connectivity index (χ1v) is 5.79. The summed E-state index contributed by atoms with van der Waals surface area (Å²) in [6.45, 7) is 3.71. The van der Waals surface area contributed by atoms with E-state index in [9.17, 15) is 19.3 Å². The number of carboxylic acids is 1. The summed E-state index contributed by atoms with van der Waals surface area (Å²) in [5.41, 5.74) is -0.137. The zero-order chi connectivity index (χ0) is 14.6. The molecule has 6 nitrogen and oxygen atoms in total. The number of aliphatic carboxylic acids is 1. The minimum absolute atomic E-state index is 0.0984. The van der Waals surface area contributed by atoms with E-state index >= 15 is 0 Å². The molecule has 1 unspecified atom stereocenters. The maximum absolute atomic E-state index is 13.3. The van der Waals surface area contributed by atoms with E-state index in [1.54, 1.807) is 13.8 Å². The van der Waals surface area contributed by atoms with Crippen LogP contribution >= 0.6 is 0 Å². The number of carbonyl (C=O) groups is 1. The Morgan fingerprint density at radius 2 is 2.21 bits per heavy atom. The van der Waals surface area contributed by atoms with Crippen molar-refractivity contribution < 1.29 is 19.2 Å². The lowest BCUT2D eigenvalue weighted by Crippen LogP contribution is -2.35. The Morgan fingerprint density at radius 3 is 2.68 bits per heavy atom. The second kappa shape index (κ2) is 6.12. The zero-order valence-corrected chi connectivity index (χ0v) is 10.7. The number of halogens is 1. The van der Waals surface area contributed by atoms with Crippen LogP contribution < -0.4 is 4.90 Å². The number of carboxylic acid groups (broad SMARTS) is 1. The highest BCUT2D eigenvalue weighted by atomic mass is 19.1. The molecule has 19 heavy (non-hydrogen) atoms. The molecule has 0 bridgehead atoms. The van der Waals surface area contributed by atoms with Gasteiger partial charge in [-0.15, -0.1) is 0 Å². The van der Waals surface area contributed by atoms with Crippen LogP contribution in [0.5, 0.6) is 0 Å². The van der Waals surface area contributed by atoms with Gasteiger partial charge in [-0.25, -0.2) is 4.39 Å². The van der Waals surface area contributed by atoms with Crippen LogP contribution in [-0.2, 0) is 4.79 Å². The molecular formula is C12H15FN2O4. The number of hydrogen-bond acceptors (Lipinski definition) is 4. The smallest absolute Gasteiger partial charge is 0.305 e. The van der Waals surface area contributed by atoms with E-state index in [2.05, 4.69) is 0 Å². The van der Waals surface area contributed by atoms with Gasteiger partial charge in [-0.1, -0.05) is 0 Å². The molecular weight excluding hydrogens is 255 g/mol. The van der Waals surface area contributed by atoms with E-state index in [0.717, 1.165) is 18.2 Å². The van der Waals surface area contributed by atoms with Crippen molar-refractivity contribution in [2.75, 3.05) is 11.4 Å². The molecule has 0 amide bonds. The predicted octanol–water partition coefficient (Wildman–Crippen LogP) is 2.42. The van der Waals surface area contributed by atoms with Gasteiger partial charge in [0.1, 0.15) is 11.5 Å². The third kappa shape index (κ3) is 3.64. The van der Waals surface area contributed by atoms with Crippen molar-refractivity contribution in [3.63, 3.8) is 0 Å². The monoisotopic (exact) mass is 270 g/mol. The van der Waals surface area contributed by atoms with Gasteiger partial charge >= 0.3 is 5.97 Å². The van der Waals surface area contributed by atoms with Crippen LogP contribution in [0.2, 0.25) is 0 Å². The SMILES string of the molecule is CCN(c1cc(F)ccc1[N+](=O)[O-])C(C)CC(=O)O. The summed E-state index contributed by atoms with van der Waals surface area (Å²) in [6.07, 6.45) is -0.179. The predicted molar refractivity (Wildman–Crippen MR) is 67.8 cm³/mol. The fraction of sp³-hybridized carbons (Fsp3) is 0.417. The molecule has 104 valence electrons. The number of rotatable bonds is 6. The van der Waals surface area contributed by atoms with Crippen LogP contribution in [0.3, 0.4) is 0 Å². The molecule has 0 aliphatic heterocycles. The molecule has 0 aliphatic carbocycles. The molecule has 0 saturated heterocycles. The minimum Gasteiger partial charge on any atom is -0.481 e. The maximum atomic E-state index is 13.3. The van der Waals surface area contributed by atoms with Crippen molar-refractivity contribution in [3.8, 4) is 0 Å². The lowest BCUT2D eigenvalue weighted by atomic mass is 10.1. The normalized spacial score (nSPS) is 11.9. The van der Waals surface area contributed by atoms with Crippen LogP contribution in [0.1, 0.15) is 20.3 Å². The van der Waals surface area contributed by atoms with Crippen LogP contribution in [0, 0.1) is 15.9 Å². The third-order valence-electron chi connectivity index (χ3n) is 2.79. The molecule has 1 aromatic rings. The molecule has 0 fully saturated rings. The first kappa shape index (κ1) is 14.9. The molecule has 0 aliphatic rings. The van der Waals surface area contributed by atoms with E-state index < -0.39 is 22.8 Å². The fourth-order valence-electron chi connectivity index (χ4n) is 1.96. The van der Waals surface area contributed by atoms with Crippen LogP contribution in [0.15, 0.2) is 18.2 Å². The number of nitro benzene ring substituents is 1. The van der Waals surface area contributed by atoms with Crippen molar-refractivity contribution >= 4 is 17.3 Å². The highest BCUT2D eigenvalue weighted by Gasteiger charge is 2.24. The van der Waals surface area contributed by atoms with Crippen molar-refractivity contribution in [2.24, 2.45) is 0 Å². The van der Waals surface area contributed by atoms with Gasteiger partial charge < -0.3 is 10.0 Å². The molecule has 0 saturated carbocycles. The first-order chi connectivity index (χ1) is 8.86. The lowest BCUT2D eigenvalue weighted by molar-refractivity contribution is -0.384. The Bertz CT molecular complexity index is 493. The van der Waals surface area contributed by atoms with Gasteiger partial charge in [-0.05, 0) is 19.9 Å². The topological polar surface area (TPSA) is 83.7 Å². The first-order valence-electron chi connectivity index (χ1n) is 5.79. The second-order valence-corrected chi connectivity index (χ2v) is 4.12. The van der Waals surface area contributed by atoms with Gasteiger partial charge in [0.05, 0.1) is 11.3 Å². The minimum atomic E-state index is -1.01. The number of nitrogens with zero attached hydrogens (tertiary/aromatic N) is 2. The van der Waals surface area contributed by atoms with Gasteiger partial charge in [0.25, 0.3) is 5.69 Å². The number of hydrogen-bond donors (Lipinski definition) is 1. The van der Waals surface area contributed by atoms with Crippen molar-refractivity contribution in [1.82, 2.24) is 0 Å². The summed E-state index contributed by atoms with van der Waals surface area (Å²) >= 11 is 0. The molecule has 0 heterocycles. The van der Waals surface area contributed by atoms with Gasteiger partial charge in [0.15, 0.2) is 0 Å². The van der Waals surface area contributed by atoms with Crippen molar-refractivity contribution in [1.29, 1.82) is 0 Å². The second-order valence-electron chi connectivity index (χ2n) is 4.12. The molecule has 1 N–H and O–H groups in total. The Morgan fingerprint density at radius 1 is 1.58 bits per heavy atom. The Hall–Kier alpha value is -2.18. The zero-order valence-electron chi connectivity index (χ0n) is 10.7. The van der Waals surface area contributed by atoms with Crippen LogP contribution in [-0.4, -0.2) is 28.6 Å². The third-order valence-corrected chi connectivity index (χ3v) is 2.79. The van der Waals surface area contributed by atoms with Gasteiger partial charge in [0, 0.05) is 24.7 Å². The van der Waals surface area contributed by atoms with Gasteiger partial charge in [0.2, 0.25) is 0 Å². The molecule has 1 atom stereocenters. The molecule has 0 radical (unpaired) electrons. The van der Waals surface area contributed by atoms with Gasteiger partial charge in [-0.3, -0.25) is 14.9 Å². The molecule has 0 spiro atoms. The van der Waals surface area contributed by atoms with Crippen LogP contribution in [0.25, 0.3) is 0 Å². The quantitative estimate of drug-likeness (QED) is 0.634. The average Bonchev–Trinajstić information content (AvgIpc) is 2.28. The summed E-state index contributed by atoms with van der Waals surface area (Å²) in [6, 6.07) is 2.68. The van der Waals surface area contributed by atoms with E-state index in [4.69, 9.17) is 5.11 Å². The van der Waals surface area contributed by atoms with E-state index in [1.165, 1.54) is 4.90 Å². The standard InChI is InChI=1S/C12H15FN2O4/c1-3-14(8(2)6-12(16)17)11-7-9(13)4-5-10(11)15(18)19/h4-5,7-8H,3,6H2,1-2H3,(H,16,17). The Balaban J connectivity index is 3.19. The van der Waals surface area contributed by atoms with Crippen molar-refractivity contribution in [3.05, 3.63) is 34.1 Å². The number of benzene rings is 1. The van der Waals surface area contributed by atoms with Crippen LogP contribution in [0.4, 0.5) is 15.8 Å². The number of anilines is 1. The highest BCUT2D eigenvalue weighted by molar-refractivity contribution is 5.70. The summed E-state index contributed by atoms with van der Waals surface area (Å²) in [5, 5.41) is 19.7. The summed E-state index contributed by atoms with van der Waals surface area (Å²) < 4.78 is 13.3. The van der Waals surface area contributed by atoms with E-state index in [-0.39, 0.29) is 17.8 Å². The molecule has 0 aromatic heterocycles. The van der Waals surface area contributed by atoms with E-state index in [1.807, 2.05) is 0 Å². The summed E-state index contributed by atoms with van der Waals surface area (Å²) in [5.74, 6) is -1.61. The largest absolute Gasteiger partial charge is 0.481 e. The molecule has 1 rings (SSSR count). The maximum Gasteiger partial charge on any atom is 0.305 e. The molecule has 7 heteroatoms. The summed E-state index contributed by atoms with van der Waals surface area (Å²) in [7, 11) is 0. The van der Waals surface area contributed by atoms with Gasteiger partial charge in [-0.2, -0.15) is 0 Å². The average molecular weight is 270 g/mol. The Kier molecular flexibility index (Phi) is 4.80. The molecule has 1 aromatic carbocycles. The highest BCUT2D eigenvalue weighted by Crippen LogP contribution is 2.30. The Labute approximate surface area is 109 Å². The van der Waals surface area contributed by atoms with Crippen molar-refractivity contribution in [2.45, 2.75) is 26.3 Å². The number of nitro groups is 1. The fourth-order valence-corrected chi connectivity index (χ4v) is 1.96.